The summed E-state index contributed by atoms with van der Waals surface area (Å²) in [6.07, 6.45) is -12.3. The molecule has 0 fully saturated rings. The average molecular weight is 690 g/mol. The summed E-state index contributed by atoms with van der Waals surface area (Å²) in [4.78, 5) is 14.2. The number of fused-ring (bicyclic) bond motifs is 1. The second-order valence-electron chi connectivity index (χ2n) is 7.50. The molecule has 0 aliphatic rings. The van der Waals surface area contributed by atoms with Crippen LogP contribution in [-0.4, -0.2) is 37.2 Å². The number of quaternary nitrogens is 1. The van der Waals surface area contributed by atoms with Crippen LogP contribution in [-0.2, 0) is 15.5 Å². The van der Waals surface area contributed by atoms with E-state index in [1.165, 1.54) is 24.4 Å². The molecule has 0 aliphatic carbocycles. The van der Waals surface area contributed by atoms with Crippen molar-refractivity contribution < 1.29 is 62.2 Å². The van der Waals surface area contributed by atoms with Gasteiger partial charge in [-0.3, -0.25) is 10.0 Å². The lowest BCUT2D eigenvalue weighted by atomic mass is 9.94. The topological polar surface area (TPSA) is 91.6 Å². The summed E-state index contributed by atoms with van der Waals surface area (Å²) in [6, 6.07) is 5.08. The zero-order valence-electron chi connectivity index (χ0n) is 17.8. The number of carbonyl (C=O) groups excluding carboxylic acids is 1. The number of hydrogen-bond acceptors (Lipinski definition) is 5. The Kier molecular flexibility index (Phi) is 7.54. The number of aromatic nitrogens is 1. The molecule has 0 bridgehead atoms. The Morgan fingerprint density at radius 1 is 0.895 bits per heavy atom. The first-order valence-corrected chi connectivity index (χ1v) is 12.1. The highest BCUT2D eigenvalue weighted by Gasteiger charge is 2.74. The van der Waals surface area contributed by atoms with Gasteiger partial charge in [-0.2, -0.15) is 39.5 Å². The van der Waals surface area contributed by atoms with E-state index in [1.807, 2.05) is 0 Å². The number of hydroxylamine groups is 1. The molecule has 0 aliphatic heterocycles. The molecule has 1 amide bonds. The van der Waals surface area contributed by atoms with Crippen LogP contribution in [0.1, 0.15) is 15.9 Å². The first kappa shape index (κ1) is 30.0. The van der Waals surface area contributed by atoms with Gasteiger partial charge < -0.3 is 5.21 Å². The van der Waals surface area contributed by atoms with E-state index in [0.717, 1.165) is 34.7 Å². The number of halogens is 11. The third-order valence-electron chi connectivity index (χ3n) is 5.13. The van der Waals surface area contributed by atoms with Crippen LogP contribution in [0.3, 0.4) is 0 Å². The molecule has 0 saturated carbocycles. The maximum absolute atomic E-state index is 14.6. The molecule has 1 atom stereocenters. The lowest BCUT2D eigenvalue weighted by Gasteiger charge is -2.31. The van der Waals surface area contributed by atoms with Crippen molar-refractivity contribution in [1.29, 1.82) is 0 Å². The molecular weight excluding hydrogens is 681 g/mol. The van der Waals surface area contributed by atoms with Crippen LogP contribution in [0.15, 0.2) is 53.6 Å². The Labute approximate surface area is 218 Å². The smallest absolute Gasteiger partial charge is 0.502 e. The van der Waals surface area contributed by atoms with Crippen molar-refractivity contribution >= 4 is 54.9 Å². The average Bonchev–Trinajstić information content (AvgIpc) is 2.79. The largest absolute Gasteiger partial charge is 0.621 e. The number of amides is 1. The van der Waals surface area contributed by atoms with Gasteiger partial charge >= 0.3 is 29.4 Å². The molecule has 3 rings (SSSR count). The fourth-order valence-electron chi connectivity index (χ4n) is 3.28. The summed E-state index contributed by atoms with van der Waals surface area (Å²) in [5.41, 5.74) is -17.4. The van der Waals surface area contributed by atoms with Gasteiger partial charge in [-0.05, 0) is 52.9 Å². The number of sulfone groups is 1. The molecule has 6 nitrogen and oxygen atoms in total. The van der Waals surface area contributed by atoms with E-state index < -0.39 is 75.7 Å². The van der Waals surface area contributed by atoms with Crippen molar-refractivity contribution in [1.82, 2.24) is 4.98 Å². The maximum atomic E-state index is 14.6. The Morgan fingerprint density at radius 2 is 1.47 bits per heavy atom. The van der Waals surface area contributed by atoms with Crippen LogP contribution in [0.25, 0.3) is 10.9 Å². The van der Waals surface area contributed by atoms with E-state index in [9.17, 15) is 62.3 Å². The summed E-state index contributed by atoms with van der Waals surface area (Å²) in [6.45, 7) is 0. The molecule has 1 unspecified atom stereocenters. The summed E-state index contributed by atoms with van der Waals surface area (Å²) < 4.78 is 157. The third-order valence-corrected chi connectivity index (χ3v) is 7.49. The van der Waals surface area contributed by atoms with Gasteiger partial charge in [-0.15, -0.1) is 0 Å². The van der Waals surface area contributed by atoms with E-state index in [1.54, 1.807) is 0 Å². The molecule has 0 saturated heterocycles. The molecule has 1 aromatic heterocycles. The molecular formula is C20H9F10IN2O4S. The third kappa shape index (κ3) is 4.93. The Balaban J connectivity index is 2.33. The molecule has 2 aromatic carbocycles. The monoisotopic (exact) mass is 690 g/mol. The first-order valence-electron chi connectivity index (χ1n) is 9.56. The number of rotatable bonds is 4. The van der Waals surface area contributed by atoms with Gasteiger partial charge in [0.1, 0.15) is 4.90 Å². The zero-order valence-corrected chi connectivity index (χ0v) is 20.7. The lowest BCUT2D eigenvalue weighted by molar-refractivity contribution is -0.682. The number of hydrogen-bond donors (Lipinski definition) is 1. The van der Waals surface area contributed by atoms with Crippen LogP contribution in [0, 0.1) is 8.78 Å². The van der Waals surface area contributed by atoms with Crippen molar-refractivity contribution in [2.24, 2.45) is 0 Å². The molecule has 38 heavy (non-hydrogen) atoms. The first-order chi connectivity index (χ1) is 17.1. The fourth-order valence-corrected chi connectivity index (χ4v) is 5.33. The number of nitrogens with zero attached hydrogens (tertiary/aromatic N) is 1. The minimum absolute atomic E-state index is 0.108. The molecule has 3 aromatic rings. The number of nitrogens with one attached hydrogen (secondary N) is 1. The maximum Gasteiger partial charge on any atom is 0.502 e. The number of benzene rings is 2. The number of carbonyl (C=O) groups is 1. The number of alkyl halides is 10. The van der Waals surface area contributed by atoms with Gasteiger partial charge in [0.2, 0.25) is 0 Å². The van der Waals surface area contributed by atoms with E-state index >= 15 is 0 Å². The van der Waals surface area contributed by atoms with Gasteiger partial charge in [0, 0.05) is 17.1 Å². The van der Waals surface area contributed by atoms with Crippen LogP contribution in [0.5, 0.6) is 0 Å². The van der Waals surface area contributed by atoms with E-state index in [2.05, 4.69) is 4.98 Å². The van der Waals surface area contributed by atoms with Crippen molar-refractivity contribution in [3.63, 3.8) is 0 Å². The normalized spacial score (nSPS) is 14.5. The van der Waals surface area contributed by atoms with Gasteiger partial charge in [-0.25, -0.2) is 17.6 Å². The molecule has 206 valence electrons. The predicted octanol–water partition coefficient (Wildman–Crippen LogP) is 5.28. The second kappa shape index (κ2) is 9.56. The number of pyridine rings is 1. The Hall–Kier alpha value is -2.58. The van der Waals surface area contributed by atoms with Gasteiger partial charge in [0.15, 0.2) is 5.69 Å². The molecule has 18 heteroatoms. The fraction of sp³-hybridized carbons (Fsp3) is 0.200. The van der Waals surface area contributed by atoms with Crippen molar-refractivity contribution in [3.8, 4) is 0 Å². The highest BCUT2D eigenvalue weighted by atomic mass is 127. The summed E-state index contributed by atoms with van der Waals surface area (Å²) in [5.74, 6) is -1.67. The van der Waals surface area contributed by atoms with Crippen molar-refractivity contribution in [2.45, 2.75) is 28.4 Å². The molecule has 1 heterocycles. The van der Waals surface area contributed by atoms with E-state index in [-0.39, 0.29) is 11.6 Å². The van der Waals surface area contributed by atoms with E-state index in [0.29, 0.717) is 5.39 Å². The molecule has 1 N–H and O–H groups in total. The van der Waals surface area contributed by atoms with Crippen molar-refractivity contribution in [3.05, 3.63) is 68.6 Å². The van der Waals surface area contributed by atoms with Gasteiger partial charge in [-0.1, -0.05) is 12.1 Å². The highest BCUT2D eigenvalue weighted by Crippen LogP contribution is 2.54. The minimum atomic E-state index is -6.89. The van der Waals surface area contributed by atoms with Gasteiger partial charge in [0.05, 0.1) is 14.7 Å². The summed E-state index contributed by atoms with van der Waals surface area (Å²) in [7, 11) is -6.89. The summed E-state index contributed by atoms with van der Waals surface area (Å²) in [5, 5.41) is 11.3. The van der Waals surface area contributed by atoms with E-state index in [4.69, 9.17) is 0 Å². The highest BCUT2D eigenvalue weighted by molar-refractivity contribution is 14.1. The minimum Gasteiger partial charge on any atom is -0.621 e. The van der Waals surface area contributed by atoms with Crippen LogP contribution in [0.4, 0.5) is 49.6 Å². The quantitative estimate of drug-likeness (QED) is 0.229. The lowest BCUT2D eigenvalue weighted by Crippen LogP contribution is -3.05. The SMILES string of the molecule is O=C(c1ccc2cccnc2c1)[NH+]([O-])c1c(I)cc(C(F)(C(F)(F)F)C(F)(F)F)cc1S(=O)(=O)C(F)(F)F. The second-order valence-corrected chi connectivity index (χ2v) is 10.6. The Morgan fingerprint density at radius 3 is 2.00 bits per heavy atom. The molecule has 0 radical (unpaired) electrons. The van der Waals surface area contributed by atoms with Crippen molar-refractivity contribution in [2.75, 3.05) is 0 Å². The summed E-state index contributed by atoms with van der Waals surface area (Å²) >= 11 is 0.740. The van der Waals surface area contributed by atoms with Crippen LogP contribution in [0.2, 0.25) is 0 Å². The van der Waals surface area contributed by atoms with Gasteiger partial charge in [0.25, 0.3) is 9.84 Å². The zero-order chi connectivity index (χ0) is 29.1. The van der Waals surface area contributed by atoms with Crippen LogP contribution >= 0.6 is 22.6 Å². The predicted molar refractivity (Wildman–Crippen MR) is 117 cm³/mol. The Bertz CT molecular complexity index is 1510. The van der Waals surface area contributed by atoms with Crippen LogP contribution < -0.4 is 5.06 Å². The molecule has 0 spiro atoms. The standard InChI is InChI=1S/C20H9F10IN2O4S/c21-17(18(22,23)24,19(25,26)27)11-7-12(31)15(14(8-11)38(36,37)20(28,29)30)33(35)16(34)10-4-3-9-2-1-5-32-13(9)6-10/h1-8,33H.